The summed E-state index contributed by atoms with van der Waals surface area (Å²) in [4.78, 5) is 50.1. The first-order chi connectivity index (χ1) is 13.9. The molecular formula is C20H29F3N2O6. The van der Waals surface area contributed by atoms with E-state index in [1.54, 1.807) is 20.8 Å². The van der Waals surface area contributed by atoms with Crippen LogP contribution in [0, 0.1) is 16.2 Å². The predicted molar refractivity (Wildman–Crippen MR) is 102 cm³/mol. The van der Waals surface area contributed by atoms with Crippen LogP contribution >= 0.6 is 0 Å². The van der Waals surface area contributed by atoms with Crippen LogP contribution in [-0.4, -0.2) is 65.2 Å². The SMILES string of the molecule is CC(C)(C)C(=O)N1CC2(CC2)C[C@H]1C(=O)OCC(C)(C)C(=O)NC(C(=O)O)C(F)(F)F. The van der Waals surface area contributed by atoms with Gasteiger partial charge in [-0.05, 0) is 38.5 Å². The topological polar surface area (TPSA) is 113 Å². The molecule has 2 atom stereocenters. The number of carbonyl (C=O) groups excluding carboxylic acids is 3. The maximum atomic E-state index is 12.8. The first-order valence-electron chi connectivity index (χ1n) is 9.98. The number of hydrogen-bond donors (Lipinski definition) is 2. The molecule has 2 amide bonds. The van der Waals surface area contributed by atoms with E-state index in [9.17, 15) is 32.3 Å². The van der Waals surface area contributed by atoms with Gasteiger partial charge in [0, 0.05) is 12.0 Å². The summed E-state index contributed by atoms with van der Waals surface area (Å²) in [5.74, 6) is -4.40. The molecule has 0 aromatic rings. The van der Waals surface area contributed by atoms with Crippen LogP contribution in [-0.2, 0) is 23.9 Å². The monoisotopic (exact) mass is 450 g/mol. The maximum Gasteiger partial charge on any atom is 0.419 e. The molecule has 0 aromatic heterocycles. The number of likely N-dealkylation sites (tertiary alicyclic amines) is 1. The highest BCUT2D eigenvalue weighted by molar-refractivity contribution is 5.89. The number of hydrogen-bond acceptors (Lipinski definition) is 5. The molecule has 1 aliphatic carbocycles. The van der Waals surface area contributed by atoms with Gasteiger partial charge >= 0.3 is 18.1 Å². The van der Waals surface area contributed by atoms with Gasteiger partial charge in [-0.3, -0.25) is 9.59 Å². The quantitative estimate of drug-likeness (QED) is 0.600. The van der Waals surface area contributed by atoms with Crippen molar-refractivity contribution in [3.8, 4) is 0 Å². The van der Waals surface area contributed by atoms with Crippen molar-refractivity contribution in [1.29, 1.82) is 0 Å². The van der Waals surface area contributed by atoms with Crippen LogP contribution in [0.2, 0.25) is 0 Å². The number of carbonyl (C=O) groups is 4. The molecule has 1 unspecified atom stereocenters. The lowest BCUT2D eigenvalue weighted by Gasteiger charge is -2.31. The summed E-state index contributed by atoms with van der Waals surface area (Å²) in [7, 11) is 0. The normalized spacial score (nSPS) is 21.5. The van der Waals surface area contributed by atoms with Gasteiger partial charge in [0.1, 0.15) is 12.6 Å². The third kappa shape index (κ3) is 5.68. The Morgan fingerprint density at radius 2 is 1.68 bits per heavy atom. The molecular weight excluding hydrogens is 421 g/mol. The summed E-state index contributed by atoms with van der Waals surface area (Å²) in [6, 6.07) is -3.89. The van der Waals surface area contributed by atoms with E-state index in [1.807, 2.05) is 0 Å². The maximum absolute atomic E-state index is 12.8. The summed E-state index contributed by atoms with van der Waals surface area (Å²) in [6.07, 6.45) is -2.95. The lowest BCUT2D eigenvalue weighted by molar-refractivity contribution is -0.184. The fourth-order valence-electron chi connectivity index (χ4n) is 3.47. The molecule has 2 fully saturated rings. The van der Waals surface area contributed by atoms with Crippen molar-refractivity contribution >= 4 is 23.8 Å². The molecule has 0 bridgehead atoms. The molecule has 0 radical (unpaired) electrons. The van der Waals surface area contributed by atoms with Crippen LogP contribution in [0.5, 0.6) is 0 Å². The zero-order valence-corrected chi connectivity index (χ0v) is 18.3. The van der Waals surface area contributed by atoms with E-state index in [4.69, 9.17) is 9.84 Å². The Hall–Kier alpha value is -2.33. The van der Waals surface area contributed by atoms with Gasteiger partial charge in [0.15, 0.2) is 0 Å². The number of carboxylic acid groups (broad SMARTS) is 1. The van der Waals surface area contributed by atoms with Gasteiger partial charge in [-0.1, -0.05) is 20.8 Å². The Morgan fingerprint density at radius 1 is 1.13 bits per heavy atom. The molecule has 2 rings (SSSR count). The summed E-state index contributed by atoms with van der Waals surface area (Å²) < 4.78 is 43.7. The summed E-state index contributed by atoms with van der Waals surface area (Å²) in [6.45, 7) is 7.56. The van der Waals surface area contributed by atoms with Gasteiger partial charge < -0.3 is 20.1 Å². The van der Waals surface area contributed by atoms with Gasteiger partial charge in [-0.25, -0.2) is 9.59 Å². The number of aliphatic carboxylic acids is 1. The van der Waals surface area contributed by atoms with Crippen LogP contribution in [0.25, 0.3) is 0 Å². The van der Waals surface area contributed by atoms with Crippen LogP contribution in [0.15, 0.2) is 0 Å². The predicted octanol–water partition coefficient (Wildman–Crippen LogP) is 2.11. The Morgan fingerprint density at radius 3 is 2.10 bits per heavy atom. The average molecular weight is 450 g/mol. The number of rotatable bonds is 6. The minimum Gasteiger partial charge on any atom is -0.479 e. The number of nitrogens with zero attached hydrogens (tertiary/aromatic N) is 1. The summed E-state index contributed by atoms with van der Waals surface area (Å²) in [5, 5.41) is 10.2. The highest BCUT2D eigenvalue weighted by Crippen LogP contribution is 2.55. The summed E-state index contributed by atoms with van der Waals surface area (Å²) >= 11 is 0. The van der Waals surface area contributed by atoms with Crippen molar-refractivity contribution in [2.24, 2.45) is 16.2 Å². The number of halogens is 3. The van der Waals surface area contributed by atoms with Gasteiger partial charge in [0.25, 0.3) is 0 Å². The van der Waals surface area contributed by atoms with Crippen LogP contribution in [0.3, 0.4) is 0 Å². The zero-order valence-electron chi connectivity index (χ0n) is 18.3. The highest BCUT2D eigenvalue weighted by atomic mass is 19.4. The van der Waals surface area contributed by atoms with Gasteiger partial charge in [0.2, 0.25) is 17.9 Å². The Bertz CT molecular complexity index is 768. The van der Waals surface area contributed by atoms with E-state index in [-0.39, 0.29) is 11.3 Å². The van der Waals surface area contributed by atoms with E-state index < -0.39 is 53.5 Å². The number of amides is 2. The molecule has 1 aliphatic heterocycles. The van der Waals surface area contributed by atoms with Gasteiger partial charge in [-0.2, -0.15) is 13.2 Å². The fourth-order valence-corrected chi connectivity index (χ4v) is 3.47. The first kappa shape index (κ1) is 24.9. The standard InChI is InChI=1S/C20H29F3N2O6/c1-17(2,3)16(30)25-9-19(6-7-19)8-11(25)14(28)31-10-18(4,5)15(29)24-12(13(26)27)20(21,22)23/h11-12H,6-10H2,1-5H3,(H,24,29)(H,26,27)/t11-,12?/m0/s1. The molecule has 1 saturated carbocycles. The second-order valence-electron chi connectivity index (χ2n) is 10.2. The van der Waals surface area contributed by atoms with Gasteiger partial charge in [-0.15, -0.1) is 0 Å². The second-order valence-corrected chi connectivity index (χ2v) is 10.2. The average Bonchev–Trinajstić information content (AvgIpc) is 3.25. The molecule has 11 heteroatoms. The Kier molecular flexibility index (Phi) is 6.42. The van der Waals surface area contributed by atoms with E-state index in [1.165, 1.54) is 24.1 Å². The van der Waals surface area contributed by atoms with Crippen molar-refractivity contribution in [3.63, 3.8) is 0 Å². The molecule has 1 heterocycles. The Balaban J connectivity index is 2.05. The third-order valence-corrected chi connectivity index (χ3v) is 5.68. The number of nitrogens with one attached hydrogen (secondary N) is 1. The summed E-state index contributed by atoms with van der Waals surface area (Å²) in [5.41, 5.74) is -2.43. The smallest absolute Gasteiger partial charge is 0.419 e. The van der Waals surface area contributed by atoms with Crippen LogP contribution in [0.1, 0.15) is 53.9 Å². The number of alkyl halides is 3. The minimum absolute atomic E-state index is 0.0983. The molecule has 2 N–H and O–H groups in total. The molecule has 1 spiro atoms. The van der Waals surface area contributed by atoms with E-state index >= 15 is 0 Å². The lowest BCUT2D eigenvalue weighted by Crippen LogP contribution is -2.55. The largest absolute Gasteiger partial charge is 0.479 e. The van der Waals surface area contributed by atoms with Crippen molar-refractivity contribution in [3.05, 3.63) is 0 Å². The molecule has 1 saturated heterocycles. The third-order valence-electron chi connectivity index (χ3n) is 5.68. The number of carboxylic acids is 1. The Labute approximate surface area is 178 Å². The molecule has 176 valence electrons. The minimum atomic E-state index is -5.18. The second kappa shape index (κ2) is 7.98. The van der Waals surface area contributed by atoms with Gasteiger partial charge in [0.05, 0.1) is 5.41 Å². The molecule has 0 aromatic carbocycles. The van der Waals surface area contributed by atoms with Crippen molar-refractivity contribution in [1.82, 2.24) is 10.2 Å². The van der Waals surface area contributed by atoms with Crippen molar-refractivity contribution < 1.29 is 42.2 Å². The number of esters is 1. The van der Waals surface area contributed by atoms with Crippen molar-refractivity contribution in [2.45, 2.75) is 72.1 Å². The number of ether oxygens (including phenoxy) is 1. The van der Waals surface area contributed by atoms with Crippen LogP contribution < -0.4 is 5.32 Å². The van der Waals surface area contributed by atoms with Crippen molar-refractivity contribution in [2.75, 3.05) is 13.2 Å². The van der Waals surface area contributed by atoms with E-state index in [0.717, 1.165) is 12.8 Å². The van der Waals surface area contributed by atoms with E-state index in [0.29, 0.717) is 13.0 Å². The fraction of sp³-hybridized carbons (Fsp3) is 0.800. The first-order valence-corrected chi connectivity index (χ1v) is 9.98. The molecule has 31 heavy (non-hydrogen) atoms. The van der Waals surface area contributed by atoms with Crippen LogP contribution in [0.4, 0.5) is 13.2 Å². The lowest BCUT2D eigenvalue weighted by atomic mass is 9.93. The zero-order chi connectivity index (χ0) is 24.0. The highest BCUT2D eigenvalue weighted by Gasteiger charge is 2.57. The molecule has 2 aliphatic rings. The van der Waals surface area contributed by atoms with E-state index in [2.05, 4.69) is 0 Å². The molecule has 8 nitrogen and oxygen atoms in total.